The molecular weight excluding hydrogens is 342 g/mol. The lowest BCUT2D eigenvalue weighted by molar-refractivity contribution is -0.119. The van der Waals surface area contributed by atoms with Gasteiger partial charge in [0.05, 0.1) is 26.5 Å². The molecule has 0 aliphatic rings. The topological polar surface area (TPSA) is 72.0 Å². The minimum atomic E-state index is -0.262. The summed E-state index contributed by atoms with van der Waals surface area (Å²) in [5, 5.41) is 7.75. The fourth-order valence-electron chi connectivity index (χ4n) is 2.09. The number of ether oxygens (including phenoxy) is 2. The lowest BCUT2D eigenvalue weighted by Gasteiger charge is -2.10. The van der Waals surface area contributed by atoms with Gasteiger partial charge in [-0.2, -0.15) is 5.10 Å². The molecule has 2 aromatic carbocycles. The van der Waals surface area contributed by atoms with Gasteiger partial charge < -0.3 is 14.8 Å². The molecule has 132 valence electrons. The van der Waals surface area contributed by atoms with Crippen LogP contribution in [0.5, 0.6) is 11.5 Å². The molecule has 0 heterocycles. The van der Waals surface area contributed by atoms with Gasteiger partial charge in [-0.25, -0.2) is 5.43 Å². The van der Waals surface area contributed by atoms with Gasteiger partial charge in [-0.1, -0.05) is 11.6 Å². The average Bonchev–Trinajstić information content (AvgIpc) is 2.65. The Bertz CT molecular complexity index is 761. The third-order valence-electron chi connectivity index (χ3n) is 3.44. The van der Waals surface area contributed by atoms with Gasteiger partial charge in [0.15, 0.2) is 0 Å². The fraction of sp³-hybridized carbons (Fsp3) is 0.222. The quantitative estimate of drug-likeness (QED) is 0.586. The number of rotatable bonds is 7. The van der Waals surface area contributed by atoms with Gasteiger partial charge in [-0.05, 0) is 43.3 Å². The number of amides is 1. The third-order valence-corrected chi connectivity index (χ3v) is 3.70. The smallest absolute Gasteiger partial charge is 0.259 e. The highest BCUT2D eigenvalue weighted by molar-refractivity contribution is 6.30. The molecule has 0 aliphatic carbocycles. The molecule has 25 heavy (non-hydrogen) atoms. The van der Waals surface area contributed by atoms with Crippen molar-refractivity contribution in [3.8, 4) is 11.5 Å². The van der Waals surface area contributed by atoms with Gasteiger partial charge in [0.25, 0.3) is 5.91 Å². The zero-order chi connectivity index (χ0) is 18.2. The van der Waals surface area contributed by atoms with Crippen LogP contribution in [0, 0.1) is 0 Å². The van der Waals surface area contributed by atoms with Gasteiger partial charge in [-0.3, -0.25) is 4.79 Å². The normalized spacial score (nSPS) is 11.0. The predicted molar refractivity (Wildman–Crippen MR) is 99.8 cm³/mol. The molecule has 2 N–H and O–H groups in total. The number of anilines is 1. The molecule has 0 spiro atoms. The molecule has 0 radical (unpaired) electrons. The lowest BCUT2D eigenvalue weighted by atomic mass is 10.1. The van der Waals surface area contributed by atoms with E-state index >= 15 is 0 Å². The molecule has 7 heteroatoms. The highest BCUT2D eigenvalue weighted by Crippen LogP contribution is 2.25. The Kier molecular flexibility index (Phi) is 6.65. The number of carbonyl (C=O) groups excluding carboxylic acids is 1. The summed E-state index contributed by atoms with van der Waals surface area (Å²) in [5.74, 6) is 1.04. The van der Waals surface area contributed by atoms with Crippen molar-refractivity contribution in [3.63, 3.8) is 0 Å². The summed E-state index contributed by atoms with van der Waals surface area (Å²) < 4.78 is 10.5. The van der Waals surface area contributed by atoms with Gasteiger partial charge >= 0.3 is 0 Å². The van der Waals surface area contributed by atoms with Crippen molar-refractivity contribution in [2.75, 3.05) is 26.1 Å². The van der Waals surface area contributed by atoms with E-state index in [0.717, 1.165) is 11.3 Å². The third kappa shape index (κ3) is 5.39. The zero-order valence-electron chi connectivity index (χ0n) is 14.3. The number of benzene rings is 2. The van der Waals surface area contributed by atoms with Crippen LogP contribution in [-0.2, 0) is 4.79 Å². The maximum atomic E-state index is 11.9. The van der Waals surface area contributed by atoms with Crippen molar-refractivity contribution in [3.05, 3.63) is 53.1 Å². The number of halogens is 1. The zero-order valence-corrected chi connectivity index (χ0v) is 15.1. The Morgan fingerprint density at radius 1 is 1.12 bits per heavy atom. The molecule has 0 atom stereocenters. The second kappa shape index (κ2) is 8.94. The highest BCUT2D eigenvalue weighted by Gasteiger charge is 2.09. The van der Waals surface area contributed by atoms with E-state index in [0.29, 0.717) is 22.2 Å². The van der Waals surface area contributed by atoms with Crippen LogP contribution in [0.4, 0.5) is 5.69 Å². The number of hydrogen-bond donors (Lipinski definition) is 2. The van der Waals surface area contributed by atoms with Crippen molar-refractivity contribution in [1.82, 2.24) is 5.43 Å². The lowest BCUT2D eigenvalue weighted by Crippen LogP contribution is -2.26. The first-order valence-corrected chi connectivity index (χ1v) is 7.96. The number of hydrazone groups is 1. The maximum absolute atomic E-state index is 11.9. The molecule has 0 fully saturated rings. The van der Waals surface area contributed by atoms with E-state index in [4.69, 9.17) is 21.1 Å². The first-order chi connectivity index (χ1) is 12.0. The van der Waals surface area contributed by atoms with E-state index in [1.54, 1.807) is 57.5 Å². The van der Waals surface area contributed by atoms with Crippen molar-refractivity contribution < 1.29 is 14.3 Å². The summed E-state index contributed by atoms with van der Waals surface area (Å²) >= 11 is 5.82. The highest BCUT2D eigenvalue weighted by atomic mass is 35.5. The number of nitrogens with zero attached hydrogens (tertiary/aromatic N) is 1. The first-order valence-electron chi connectivity index (χ1n) is 7.58. The van der Waals surface area contributed by atoms with Crippen LogP contribution in [0.2, 0.25) is 5.02 Å². The van der Waals surface area contributed by atoms with Crippen molar-refractivity contribution in [1.29, 1.82) is 0 Å². The van der Waals surface area contributed by atoms with Gasteiger partial charge in [-0.15, -0.1) is 0 Å². The van der Waals surface area contributed by atoms with Crippen LogP contribution in [-0.4, -0.2) is 32.4 Å². The maximum Gasteiger partial charge on any atom is 0.259 e. The Labute approximate surface area is 151 Å². The summed E-state index contributed by atoms with van der Waals surface area (Å²) in [5.41, 5.74) is 4.72. The van der Waals surface area contributed by atoms with Crippen molar-refractivity contribution >= 4 is 28.9 Å². The molecule has 0 unspecified atom stereocenters. The van der Waals surface area contributed by atoms with Crippen LogP contribution in [0.3, 0.4) is 0 Å². The summed E-state index contributed by atoms with van der Waals surface area (Å²) in [4.78, 5) is 11.9. The van der Waals surface area contributed by atoms with Crippen LogP contribution in [0.15, 0.2) is 47.6 Å². The van der Waals surface area contributed by atoms with Gasteiger partial charge in [0.2, 0.25) is 0 Å². The minimum absolute atomic E-state index is 0.0954. The SMILES string of the molecule is COc1ccc(/C(C)=N\NC(=O)CNc2ccc(Cl)cc2)c(OC)c1. The molecule has 0 saturated heterocycles. The standard InChI is InChI=1S/C18H20ClN3O3/c1-12(16-9-8-15(24-2)10-17(16)25-3)21-22-18(23)11-20-14-6-4-13(19)5-7-14/h4-10,20H,11H2,1-3H3,(H,22,23)/b21-12-. The fourth-order valence-corrected chi connectivity index (χ4v) is 2.22. The summed E-state index contributed by atoms with van der Waals surface area (Å²) in [6.45, 7) is 1.88. The van der Waals surface area contributed by atoms with E-state index in [-0.39, 0.29) is 12.5 Å². The minimum Gasteiger partial charge on any atom is -0.497 e. The molecule has 0 saturated carbocycles. The molecule has 1 amide bonds. The molecule has 6 nitrogen and oxygen atoms in total. The van der Waals surface area contributed by atoms with Crippen molar-refractivity contribution in [2.24, 2.45) is 5.10 Å². The molecule has 0 aliphatic heterocycles. The summed E-state index contributed by atoms with van der Waals surface area (Å²) in [6.07, 6.45) is 0. The van der Waals surface area contributed by atoms with Crippen molar-refractivity contribution in [2.45, 2.75) is 6.92 Å². The first kappa shape index (κ1) is 18.6. The van der Waals surface area contributed by atoms with Crippen LogP contribution >= 0.6 is 11.6 Å². The van der Waals surface area contributed by atoms with Gasteiger partial charge in [0.1, 0.15) is 11.5 Å². The van der Waals surface area contributed by atoms with E-state index in [9.17, 15) is 4.79 Å². The Balaban J connectivity index is 1.96. The predicted octanol–water partition coefficient (Wildman–Crippen LogP) is 3.31. The molecular formula is C18H20ClN3O3. The molecule has 0 aromatic heterocycles. The monoisotopic (exact) mass is 361 g/mol. The van der Waals surface area contributed by atoms with E-state index in [2.05, 4.69) is 15.8 Å². The number of nitrogens with one attached hydrogen (secondary N) is 2. The van der Waals surface area contributed by atoms with E-state index in [1.165, 1.54) is 0 Å². The van der Waals surface area contributed by atoms with Crippen LogP contribution < -0.4 is 20.2 Å². The van der Waals surface area contributed by atoms with E-state index < -0.39 is 0 Å². The molecule has 2 rings (SSSR count). The number of hydrogen-bond acceptors (Lipinski definition) is 5. The average molecular weight is 362 g/mol. The molecule has 2 aromatic rings. The Morgan fingerprint density at radius 2 is 1.84 bits per heavy atom. The van der Waals surface area contributed by atoms with Crippen LogP contribution in [0.1, 0.15) is 12.5 Å². The second-order valence-corrected chi connectivity index (χ2v) is 5.60. The van der Waals surface area contributed by atoms with E-state index in [1.807, 2.05) is 6.07 Å². The number of carbonyl (C=O) groups is 1. The summed E-state index contributed by atoms with van der Waals surface area (Å²) in [6, 6.07) is 12.5. The van der Waals surface area contributed by atoms with Gasteiger partial charge in [0, 0.05) is 22.3 Å². The largest absolute Gasteiger partial charge is 0.497 e. The number of methoxy groups -OCH3 is 2. The Morgan fingerprint density at radius 3 is 2.48 bits per heavy atom. The Hall–Kier alpha value is -2.73. The van der Waals surface area contributed by atoms with Crippen LogP contribution in [0.25, 0.3) is 0 Å². The molecule has 0 bridgehead atoms. The second-order valence-electron chi connectivity index (χ2n) is 5.16. The summed E-state index contributed by atoms with van der Waals surface area (Å²) in [7, 11) is 3.16.